The number of carbonyl (C=O) groups is 2. The second-order valence-electron chi connectivity index (χ2n) is 4.53. The lowest BCUT2D eigenvalue weighted by Crippen LogP contribution is -2.39. The van der Waals surface area contributed by atoms with E-state index in [1.54, 1.807) is 7.11 Å². The zero-order valence-electron chi connectivity index (χ0n) is 13.0. The first kappa shape index (κ1) is 18.7. The van der Waals surface area contributed by atoms with Crippen molar-refractivity contribution in [2.24, 2.45) is 0 Å². The van der Waals surface area contributed by atoms with Crippen LogP contribution >= 0.6 is 23.5 Å². The van der Waals surface area contributed by atoms with Crippen molar-refractivity contribution < 1.29 is 14.3 Å². The van der Waals surface area contributed by atoms with Crippen LogP contribution < -0.4 is 15.4 Å². The van der Waals surface area contributed by atoms with Crippen molar-refractivity contribution in [3.63, 3.8) is 0 Å². The monoisotopic (exact) mass is 342 g/mol. The van der Waals surface area contributed by atoms with Gasteiger partial charge in [0.1, 0.15) is 5.75 Å². The molecule has 122 valence electrons. The Bertz CT molecular complexity index is 497. The topological polar surface area (TPSA) is 67.4 Å². The molecular formula is C15H22N2O3S2. The molecule has 0 radical (unpaired) electrons. The van der Waals surface area contributed by atoms with Crippen LogP contribution in [0.1, 0.15) is 11.6 Å². The molecule has 7 heteroatoms. The largest absolute Gasteiger partial charge is 0.496 e. The second kappa shape index (κ2) is 10.4. The molecule has 22 heavy (non-hydrogen) atoms. The number of para-hydroxylation sites is 1. The molecule has 2 amide bonds. The molecule has 0 aliphatic carbocycles. The number of hydrogen-bond acceptors (Lipinski definition) is 5. The van der Waals surface area contributed by atoms with Gasteiger partial charge in [-0.25, -0.2) is 0 Å². The minimum Gasteiger partial charge on any atom is -0.496 e. The number of benzene rings is 1. The molecule has 1 atom stereocenters. The molecule has 5 nitrogen and oxygen atoms in total. The average molecular weight is 342 g/mol. The van der Waals surface area contributed by atoms with E-state index < -0.39 is 0 Å². The minimum atomic E-state index is -0.318. The summed E-state index contributed by atoms with van der Waals surface area (Å²) in [5.74, 6) is 1.35. The van der Waals surface area contributed by atoms with Gasteiger partial charge in [0.2, 0.25) is 11.8 Å². The highest BCUT2D eigenvalue weighted by molar-refractivity contribution is 7.99. The van der Waals surface area contributed by atoms with Crippen molar-refractivity contribution >= 4 is 35.3 Å². The number of thioether (sulfide) groups is 2. The quantitative estimate of drug-likeness (QED) is 0.715. The molecule has 0 saturated carbocycles. The highest BCUT2D eigenvalue weighted by Crippen LogP contribution is 2.24. The van der Waals surface area contributed by atoms with Crippen molar-refractivity contribution in [2.75, 3.05) is 37.7 Å². The Balaban J connectivity index is 2.85. The van der Waals surface area contributed by atoms with Crippen LogP contribution in [0.3, 0.4) is 0 Å². The van der Waals surface area contributed by atoms with Crippen molar-refractivity contribution in [3.05, 3.63) is 29.8 Å². The number of hydrogen-bond donors (Lipinski definition) is 2. The van der Waals surface area contributed by atoms with Crippen LogP contribution in [0.2, 0.25) is 0 Å². The van der Waals surface area contributed by atoms with E-state index in [1.807, 2.05) is 36.8 Å². The van der Waals surface area contributed by atoms with Gasteiger partial charge in [-0.2, -0.15) is 23.5 Å². The molecule has 2 N–H and O–H groups in total. The number of carbonyl (C=O) groups excluding carboxylic acids is 2. The van der Waals surface area contributed by atoms with Gasteiger partial charge in [0, 0.05) is 12.1 Å². The third-order valence-corrected chi connectivity index (χ3v) is 4.01. The highest BCUT2D eigenvalue weighted by Gasteiger charge is 2.18. The number of methoxy groups -OCH3 is 1. The molecule has 0 aliphatic rings. The highest BCUT2D eigenvalue weighted by atomic mass is 32.2. The summed E-state index contributed by atoms with van der Waals surface area (Å²) in [7, 11) is 1.59. The van der Waals surface area contributed by atoms with Crippen LogP contribution in [0.5, 0.6) is 5.75 Å². The third-order valence-electron chi connectivity index (χ3n) is 2.90. The number of ether oxygens (including phenoxy) is 1. The Hall–Kier alpha value is -1.34. The summed E-state index contributed by atoms with van der Waals surface area (Å²) in [4.78, 5) is 23.6. The van der Waals surface area contributed by atoms with Crippen LogP contribution in [0.25, 0.3) is 0 Å². The fraction of sp³-hybridized carbons (Fsp3) is 0.467. The SMILES string of the molecule is COc1ccccc1[C@H](CNC(=O)CSC)NC(=O)CSC. The molecule has 0 spiro atoms. The maximum absolute atomic E-state index is 11.9. The van der Waals surface area contributed by atoms with E-state index in [4.69, 9.17) is 4.74 Å². The summed E-state index contributed by atoms with van der Waals surface area (Å²) in [5, 5.41) is 5.79. The van der Waals surface area contributed by atoms with E-state index >= 15 is 0 Å². The summed E-state index contributed by atoms with van der Waals surface area (Å²) < 4.78 is 5.35. The van der Waals surface area contributed by atoms with Gasteiger partial charge in [0.15, 0.2) is 0 Å². The van der Waals surface area contributed by atoms with Crippen LogP contribution in [-0.2, 0) is 9.59 Å². The molecular weight excluding hydrogens is 320 g/mol. The van der Waals surface area contributed by atoms with E-state index in [2.05, 4.69) is 10.6 Å². The van der Waals surface area contributed by atoms with Gasteiger partial charge in [-0.3, -0.25) is 9.59 Å². The Morgan fingerprint density at radius 3 is 2.41 bits per heavy atom. The molecule has 0 aliphatic heterocycles. The van der Waals surface area contributed by atoms with E-state index in [0.717, 1.165) is 5.56 Å². The summed E-state index contributed by atoms with van der Waals surface area (Å²) in [6.07, 6.45) is 3.75. The van der Waals surface area contributed by atoms with Gasteiger partial charge in [0.05, 0.1) is 24.7 Å². The van der Waals surface area contributed by atoms with Gasteiger partial charge >= 0.3 is 0 Å². The number of amides is 2. The van der Waals surface area contributed by atoms with Gasteiger partial charge in [-0.15, -0.1) is 0 Å². The van der Waals surface area contributed by atoms with Crippen molar-refractivity contribution in [2.45, 2.75) is 6.04 Å². The standard InChI is InChI=1S/C15H22N2O3S2/c1-20-13-7-5-4-6-11(13)12(17-15(19)10-22-3)8-16-14(18)9-21-2/h4-7,12H,8-10H2,1-3H3,(H,16,18)(H,17,19)/t12-/m0/s1. The predicted molar refractivity (Wildman–Crippen MR) is 93.7 cm³/mol. The Morgan fingerprint density at radius 2 is 1.77 bits per heavy atom. The van der Waals surface area contributed by atoms with Gasteiger partial charge in [-0.1, -0.05) is 18.2 Å². The first-order valence-electron chi connectivity index (χ1n) is 6.79. The molecule has 0 bridgehead atoms. The molecule has 1 aromatic rings. The lowest BCUT2D eigenvalue weighted by molar-refractivity contribution is -0.121. The normalized spacial score (nSPS) is 11.6. The second-order valence-corrected chi connectivity index (χ2v) is 6.26. The maximum atomic E-state index is 11.9. The van der Waals surface area contributed by atoms with E-state index in [-0.39, 0.29) is 17.9 Å². The van der Waals surface area contributed by atoms with Gasteiger partial charge < -0.3 is 15.4 Å². The number of nitrogens with one attached hydrogen (secondary N) is 2. The van der Waals surface area contributed by atoms with Crippen molar-refractivity contribution in [1.29, 1.82) is 0 Å². The maximum Gasteiger partial charge on any atom is 0.230 e. The molecule has 0 fully saturated rings. The average Bonchev–Trinajstić information content (AvgIpc) is 2.52. The van der Waals surface area contributed by atoms with Crippen molar-refractivity contribution in [3.8, 4) is 5.75 Å². The van der Waals surface area contributed by atoms with E-state index in [0.29, 0.717) is 23.8 Å². The summed E-state index contributed by atoms with van der Waals surface area (Å²) >= 11 is 2.91. The fourth-order valence-corrected chi connectivity index (χ4v) is 2.67. The molecule has 0 saturated heterocycles. The summed E-state index contributed by atoms with van der Waals surface area (Å²) in [5.41, 5.74) is 0.851. The predicted octanol–water partition coefficient (Wildman–Crippen LogP) is 1.69. The molecule has 1 aromatic carbocycles. The van der Waals surface area contributed by atoms with Crippen LogP contribution in [0, 0.1) is 0 Å². The molecule has 1 rings (SSSR count). The first-order valence-corrected chi connectivity index (χ1v) is 9.58. The summed E-state index contributed by atoms with van der Waals surface area (Å²) in [6.45, 7) is 0.333. The zero-order valence-corrected chi connectivity index (χ0v) is 14.7. The van der Waals surface area contributed by atoms with Gasteiger partial charge in [0.25, 0.3) is 0 Å². The lowest BCUT2D eigenvalue weighted by Gasteiger charge is -2.21. The lowest BCUT2D eigenvalue weighted by atomic mass is 10.1. The Kier molecular flexibility index (Phi) is 8.84. The zero-order chi connectivity index (χ0) is 16.4. The summed E-state index contributed by atoms with van der Waals surface area (Å²) in [6, 6.07) is 7.17. The molecule has 0 heterocycles. The number of rotatable bonds is 9. The fourth-order valence-electron chi connectivity index (χ4n) is 1.96. The Labute approximate surface area is 139 Å². The minimum absolute atomic E-state index is 0.0495. The van der Waals surface area contributed by atoms with Crippen molar-refractivity contribution in [1.82, 2.24) is 10.6 Å². The molecule has 0 aromatic heterocycles. The van der Waals surface area contributed by atoms with Crippen LogP contribution in [-0.4, -0.2) is 49.5 Å². The van der Waals surface area contributed by atoms with Gasteiger partial charge in [-0.05, 0) is 18.6 Å². The van der Waals surface area contributed by atoms with Crippen LogP contribution in [0.15, 0.2) is 24.3 Å². The first-order chi connectivity index (χ1) is 10.6. The van der Waals surface area contributed by atoms with E-state index in [9.17, 15) is 9.59 Å². The van der Waals surface area contributed by atoms with E-state index in [1.165, 1.54) is 23.5 Å². The third kappa shape index (κ3) is 6.19. The Morgan fingerprint density at radius 1 is 1.14 bits per heavy atom. The molecule has 0 unspecified atom stereocenters. The van der Waals surface area contributed by atoms with Crippen LogP contribution in [0.4, 0.5) is 0 Å². The smallest absolute Gasteiger partial charge is 0.230 e.